The summed E-state index contributed by atoms with van der Waals surface area (Å²) in [5.41, 5.74) is 7.14. The van der Waals surface area contributed by atoms with Gasteiger partial charge in [0.1, 0.15) is 0 Å². The number of carbonyl (C=O) groups is 1. The van der Waals surface area contributed by atoms with Crippen molar-refractivity contribution in [2.45, 2.75) is 44.7 Å². The lowest BCUT2D eigenvalue weighted by molar-refractivity contribution is -0.123. The number of likely N-dealkylation sites (tertiary alicyclic amines) is 1. The molecule has 1 aliphatic rings. The van der Waals surface area contributed by atoms with Gasteiger partial charge in [-0.15, -0.1) is 24.8 Å². The number of halogens is 2. The summed E-state index contributed by atoms with van der Waals surface area (Å²) in [7, 11) is 0. The van der Waals surface area contributed by atoms with Crippen molar-refractivity contribution < 1.29 is 4.79 Å². The van der Waals surface area contributed by atoms with Crippen LogP contribution in [0.15, 0.2) is 30.3 Å². The summed E-state index contributed by atoms with van der Waals surface area (Å²) in [5, 5.41) is 3.07. The van der Waals surface area contributed by atoms with Crippen molar-refractivity contribution in [3.8, 4) is 0 Å². The number of hydrogen-bond acceptors (Lipinski definition) is 3. The third-order valence-electron chi connectivity index (χ3n) is 4.27. The number of nitrogens with one attached hydrogen (secondary N) is 1. The zero-order chi connectivity index (χ0) is 15.1. The molecule has 0 bridgehead atoms. The average molecular weight is 362 g/mol. The van der Waals surface area contributed by atoms with E-state index in [1.54, 1.807) is 0 Å². The SMILES string of the molecule is CC[C@H](N)C(=O)NC1CCN(CCc2ccccc2)CC1.Cl.Cl. The molecule has 1 saturated heterocycles. The predicted molar refractivity (Wildman–Crippen MR) is 101 cm³/mol. The van der Waals surface area contributed by atoms with Crippen LogP contribution in [0.1, 0.15) is 31.7 Å². The molecule has 0 saturated carbocycles. The standard InChI is InChI=1S/C17H27N3O.2ClH/c1-2-16(18)17(21)19-15-9-12-20(13-10-15)11-8-14-6-4-3-5-7-14;;/h3-7,15-16H,2,8-13,18H2,1H3,(H,19,21);2*1H/t16-;;/m0../s1. The number of amides is 1. The Morgan fingerprint density at radius 2 is 1.87 bits per heavy atom. The summed E-state index contributed by atoms with van der Waals surface area (Å²) in [6.45, 7) is 5.15. The second-order valence-electron chi connectivity index (χ2n) is 5.87. The number of nitrogens with zero attached hydrogens (tertiary/aromatic N) is 1. The summed E-state index contributed by atoms with van der Waals surface area (Å²) in [6.07, 6.45) is 3.84. The Labute approximate surface area is 152 Å². The Morgan fingerprint density at radius 3 is 2.43 bits per heavy atom. The van der Waals surface area contributed by atoms with Gasteiger partial charge in [0, 0.05) is 25.7 Å². The maximum Gasteiger partial charge on any atom is 0.237 e. The number of rotatable bonds is 6. The molecule has 2 rings (SSSR count). The molecule has 0 radical (unpaired) electrons. The van der Waals surface area contributed by atoms with Crippen LogP contribution in [-0.4, -0.2) is 42.5 Å². The van der Waals surface area contributed by atoms with E-state index in [1.807, 2.05) is 6.92 Å². The Hall–Kier alpha value is -0.810. The number of hydrogen-bond donors (Lipinski definition) is 2. The van der Waals surface area contributed by atoms with Crippen LogP contribution in [0.4, 0.5) is 0 Å². The van der Waals surface area contributed by atoms with Gasteiger partial charge < -0.3 is 16.0 Å². The van der Waals surface area contributed by atoms with Crippen LogP contribution < -0.4 is 11.1 Å². The van der Waals surface area contributed by atoms with Crippen molar-refractivity contribution in [1.82, 2.24) is 10.2 Å². The predicted octanol–water partition coefficient (Wildman–Crippen LogP) is 2.39. The first-order chi connectivity index (χ1) is 10.2. The molecule has 1 aromatic carbocycles. The van der Waals surface area contributed by atoms with Crippen LogP contribution in [-0.2, 0) is 11.2 Å². The van der Waals surface area contributed by atoms with Crippen molar-refractivity contribution in [2.24, 2.45) is 5.73 Å². The number of nitrogens with two attached hydrogens (primary N) is 1. The van der Waals surface area contributed by atoms with Crippen LogP contribution in [0.25, 0.3) is 0 Å². The normalized spacial score (nSPS) is 16.8. The molecule has 3 N–H and O–H groups in total. The van der Waals surface area contributed by atoms with E-state index in [2.05, 4.69) is 40.5 Å². The van der Waals surface area contributed by atoms with Gasteiger partial charge in [-0.05, 0) is 31.2 Å². The molecule has 1 aliphatic heterocycles. The molecule has 0 aliphatic carbocycles. The zero-order valence-electron chi connectivity index (χ0n) is 13.7. The van der Waals surface area contributed by atoms with Crippen LogP contribution in [0, 0.1) is 0 Å². The molecule has 4 nitrogen and oxygen atoms in total. The molecule has 0 aromatic heterocycles. The third kappa shape index (κ3) is 7.53. The lowest BCUT2D eigenvalue weighted by Crippen LogP contribution is -2.49. The highest BCUT2D eigenvalue weighted by atomic mass is 35.5. The summed E-state index contributed by atoms with van der Waals surface area (Å²) in [5.74, 6) is 0.000218. The van der Waals surface area contributed by atoms with Crippen molar-refractivity contribution in [3.05, 3.63) is 35.9 Å². The maximum absolute atomic E-state index is 11.8. The summed E-state index contributed by atoms with van der Waals surface area (Å²) in [6, 6.07) is 10.5. The first kappa shape index (κ1) is 22.2. The first-order valence-corrected chi connectivity index (χ1v) is 8.01. The third-order valence-corrected chi connectivity index (χ3v) is 4.27. The lowest BCUT2D eigenvalue weighted by atomic mass is 10.0. The Kier molecular flexibility index (Phi) is 11.3. The largest absolute Gasteiger partial charge is 0.352 e. The minimum atomic E-state index is -0.360. The molecule has 6 heteroatoms. The summed E-state index contributed by atoms with van der Waals surface area (Å²) >= 11 is 0. The van der Waals surface area contributed by atoms with Crippen LogP contribution >= 0.6 is 24.8 Å². The smallest absolute Gasteiger partial charge is 0.237 e. The number of carbonyl (C=O) groups excluding carboxylic acids is 1. The Morgan fingerprint density at radius 1 is 1.26 bits per heavy atom. The van der Waals surface area contributed by atoms with Gasteiger partial charge in [0.05, 0.1) is 6.04 Å². The molecular formula is C17H29Cl2N3O. The van der Waals surface area contributed by atoms with Crippen LogP contribution in [0.5, 0.6) is 0 Å². The van der Waals surface area contributed by atoms with E-state index in [-0.39, 0.29) is 36.8 Å². The molecule has 0 unspecified atom stereocenters. The first-order valence-electron chi connectivity index (χ1n) is 8.01. The van der Waals surface area contributed by atoms with Crippen LogP contribution in [0.3, 0.4) is 0 Å². The van der Waals surface area contributed by atoms with Crippen LogP contribution in [0.2, 0.25) is 0 Å². The molecule has 1 aromatic rings. The second kappa shape index (κ2) is 11.7. The maximum atomic E-state index is 11.8. The molecular weight excluding hydrogens is 333 g/mol. The minimum Gasteiger partial charge on any atom is -0.352 e. The average Bonchev–Trinajstić information content (AvgIpc) is 2.54. The quantitative estimate of drug-likeness (QED) is 0.817. The Bertz CT molecular complexity index is 437. The summed E-state index contributed by atoms with van der Waals surface area (Å²) < 4.78 is 0. The Balaban J connectivity index is 0.00000242. The molecule has 1 heterocycles. The lowest BCUT2D eigenvalue weighted by Gasteiger charge is -2.32. The minimum absolute atomic E-state index is 0. The summed E-state index contributed by atoms with van der Waals surface area (Å²) in [4.78, 5) is 14.3. The van der Waals surface area contributed by atoms with E-state index in [4.69, 9.17) is 5.73 Å². The molecule has 1 amide bonds. The number of benzene rings is 1. The molecule has 23 heavy (non-hydrogen) atoms. The topological polar surface area (TPSA) is 58.4 Å². The van der Waals surface area contributed by atoms with Crippen molar-refractivity contribution in [3.63, 3.8) is 0 Å². The second-order valence-corrected chi connectivity index (χ2v) is 5.87. The molecule has 1 fully saturated rings. The fourth-order valence-corrected chi connectivity index (χ4v) is 2.73. The van der Waals surface area contributed by atoms with Gasteiger partial charge in [-0.2, -0.15) is 0 Å². The van der Waals surface area contributed by atoms with Gasteiger partial charge in [0.25, 0.3) is 0 Å². The van der Waals surface area contributed by atoms with Gasteiger partial charge in [-0.25, -0.2) is 0 Å². The molecule has 1 atom stereocenters. The zero-order valence-corrected chi connectivity index (χ0v) is 15.4. The van der Waals surface area contributed by atoms with Gasteiger partial charge in [-0.3, -0.25) is 4.79 Å². The fourth-order valence-electron chi connectivity index (χ4n) is 2.73. The van der Waals surface area contributed by atoms with E-state index >= 15 is 0 Å². The van der Waals surface area contributed by atoms with E-state index < -0.39 is 0 Å². The van der Waals surface area contributed by atoms with Crippen molar-refractivity contribution in [1.29, 1.82) is 0 Å². The van der Waals surface area contributed by atoms with E-state index in [1.165, 1.54) is 5.56 Å². The monoisotopic (exact) mass is 361 g/mol. The highest BCUT2D eigenvalue weighted by molar-refractivity contribution is 5.85. The van der Waals surface area contributed by atoms with E-state index in [0.29, 0.717) is 12.5 Å². The number of piperidine rings is 1. The van der Waals surface area contributed by atoms with Gasteiger partial charge >= 0.3 is 0 Å². The highest BCUT2D eigenvalue weighted by Crippen LogP contribution is 2.11. The van der Waals surface area contributed by atoms with Crippen molar-refractivity contribution >= 4 is 30.7 Å². The van der Waals surface area contributed by atoms with E-state index in [0.717, 1.165) is 38.9 Å². The van der Waals surface area contributed by atoms with Gasteiger partial charge in [-0.1, -0.05) is 37.3 Å². The van der Waals surface area contributed by atoms with E-state index in [9.17, 15) is 4.79 Å². The highest BCUT2D eigenvalue weighted by Gasteiger charge is 2.22. The fraction of sp³-hybridized carbons (Fsp3) is 0.588. The van der Waals surface area contributed by atoms with Gasteiger partial charge in [0.15, 0.2) is 0 Å². The molecule has 0 spiro atoms. The molecule has 132 valence electrons. The van der Waals surface area contributed by atoms with Crippen molar-refractivity contribution in [2.75, 3.05) is 19.6 Å². The van der Waals surface area contributed by atoms with Gasteiger partial charge in [0.2, 0.25) is 5.91 Å².